The lowest BCUT2D eigenvalue weighted by atomic mass is 9.62. The zero-order valence-corrected chi connectivity index (χ0v) is 21.5. The average molecular weight is 484 g/mol. The highest BCUT2D eigenvalue weighted by Crippen LogP contribution is 2.46. The molecule has 0 fully saturated rings. The smallest absolute Gasteiger partial charge is 0.287 e. The molecule has 0 spiro atoms. The lowest BCUT2D eigenvalue weighted by Crippen LogP contribution is -2.34. The summed E-state index contributed by atoms with van der Waals surface area (Å²) < 4.78 is 5.91. The van der Waals surface area contributed by atoms with Gasteiger partial charge in [-0.05, 0) is 76.6 Å². The Morgan fingerprint density at radius 2 is 1.64 bits per heavy atom. The summed E-state index contributed by atoms with van der Waals surface area (Å²) in [6.07, 6.45) is 3.03. The van der Waals surface area contributed by atoms with Gasteiger partial charge in [-0.15, -0.1) is 0 Å². The molecule has 2 aromatic carbocycles. The van der Waals surface area contributed by atoms with Crippen LogP contribution in [0.15, 0.2) is 46.9 Å². The number of carbonyl (C=O) groups is 1. The number of hydrogen-bond donors (Lipinski definition) is 1. The highest BCUT2D eigenvalue weighted by atomic mass is 35.5. The summed E-state index contributed by atoms with van der Waals surface area (Å²) in [5.41, 5.74) is 6.50. The molecule has 33 heavy (non-hydrogen) atoms. The third kappa shape index (κ3) is 4.85. The molecule has 0 aliphatic heterocycles. The summed E-state index contributed by atoms with van der Waals surface area (Å²) in [6, 6.07) is 13.7. The second-order valence-corrected chi connectivity index (χ2v) is 11.2. The van der Waals surface area contributed by atoms with Crippen LogP contribution in [0.3, 0.4) is 0 Å². The highest BCUT2D eigenvalue weighted by molar-refractivity contribution is 6.42. The normalized spacial score (nSPS) is 16.3. The molecule has 4 rings (SSSR count). The van der Waals surface area contributed by atoms with Crippen molar-refractivity contribution in [2.24, 2.45) is 0 Å². The molecule has 1 heterocycles. The molecule has 0 saturated carbocycles. The fourth-order valence-electron chi connectivity index (χ4n) is 4.69. The van der Waals surface area contributed by atoms with Crippen LogP contribution >= 0.6 is 23.2 Å². The molecule has 0 atom stereocenters. The van der Waals surface area contributed by atoms with Crippen molar-refractivity contribution in [2.45, 2.75) is 71.3 Å². The Labute approximate surface area is 206 Å². The Kier molecular flexibility index (Phi) is 6.41. The van der Waals surface area contributed by atoms with Gasteiger partial charge in [-0.3, -0.25) is 4.79 Å². The average Bonchev–Trinajstić information content (AvgIpc) is 3.22. The van der Waals surface area contributed by atoms with Crippen LogP contribution in [-0.2, 0) is 23.8 Å². The first-order valence-corrected chi connectivity index (χ1v) is 12.2. The van der Waals surface area contributed by atoms with Crippen molar-refractivity contribution in [3.8, 4) is 0 Å². The summed E-state index contributed by atoms with van der Waals surface area (Å²) in [5, 5.41) is 3.78. The number of aryl methyl sites for hydroxylation is 1. The van der Waals surface area contributed by atoms with Gasteiger partial charge in [0.05, 0.1) is 10.0 Å². The first kappa shape index (κ1) is 23.9. The maximum atomic E-state index is 12.6. The Balaban J connectivity index is 1.51. The van der Waals surface area contributed by atoms with Gasteiger partial charge in [-0.2, -0.15) is 0 Å². The molecule has 0 unspecified atom stereocenters. The van der Waals surface area contributed by atoms with Gasteiger partial charge in [0, 0.05) is 13.0 Å². The van der Waals surface area contributed by atoms with Crippen molar-refractivity contribution in [3.63, 3.8) is 0 Å². The molecule has 5 heteroatoms. The maximum absolute atomic E-state index is 12.6. The lowest BCUT2D eigenvalue weighted by molar-refractivity contribution is 0.0921. The number of benzene rings is 2. The van der Waals surface area contributed by atoms with E-state index in [1.54, 1.807) is 12.1 Å². The van der Waals surface area contributed by atoms with Crippen LogP contribution in [0.2, 0.25) is 10.0 Å². The minimum atomic E-state index is -0.276. The summed E-state index contributed by atoms with van der Waals surface area (Å²) in [7, 11) is 0. The van der Waals surface area contributed by atoms with Crippen molar-refractivity contribution >= 4 is 29.1 Å². The molecule has 174 valence electrons. The molecule has 0 radical (unpaired) electrons. The number of hydrogen-bond acceptors (Lipinski definition) is 2. The van der Waals surface area contributed by atoms with Gasteiger partial charge in [-0.25, -0.2) is 0 Å². The zero-order valence-electron chi connectivity index (χ0n) is 19.9. The van der Waals surface area contributed by atoms with Gasteiger partial charge in [-0.1, -0.05) is 75.2 Å². The molecular formula is C28H31Cl2NO2. The van der Waals surface area contributed by atoms with Crippen molar-refractivity contribution in [3.05, 3.63) is 91.8 Å². The molecule has 3 aromatic rings. The number of rotatable bonds is 5. The van der Waals surface area contributed by atoms with Crippen LogP contribution in [0.1, 0.15) is 84.7 Å². The molecule has 1 N–H and O–H groups in total. The van der Waals surface area contributed by atoms with Crippen molar-refractivity contribution in [1.29, 1.82) is 0 Å². The van der Waals surface area contributed by atoms with E-state index in [4.69, 9.17) is 27.6 Å². The number of amides is 1. The van der Waals surface area contributed by atoms with E-state index in [1.165, 1.54) is 35.1 Å². The summed E-state index contributed by atoms with van der Waals surface area (Å²) >= 11 is 12.3. The van der Waals surface area contributed by atoms with Gasteiger partial charge in [0.2, 0.25) is 0 Å². The molecule has 1 amide bonds. The summed E-state index contributed by atoms with van der Waals surface area (Å²) in [5.74, 6) is 0.791. The van der Waals surface area contributed by atoms with E-state index >= 15 is 0 Å². The first-order chi connectivity index (χ1) is 15.5. The van der Waals surface area contributed by atoms with Crippen LogP contribution in [0.5, 0.6) is 0 Å². The minimum absolute atomic E-state index is 0.156. The fraction of sp³-hybridized carbons (Fsp3) is 0.393. The largest absolute Gasteiger partial charge is 0.456 e. The van der Waals surface area contributed by atoms with Crippen LogP contribution in [0, 0.1) is 6.92 Å². The number of fused-ring (bicyclic) bond motifs is 1. The quantitative estimate of drug-likeness (QED) is 0.402. The monoisotopic (exact) mass is 483 g/mol. The van der Waals surface area contributed by atoms with E-state index in [1.807, 2.05) is 18.2 Å². The van der Waals surface area contributed by atoms with Crippen LogP contribution in [0.25, 0.3) is 0 Å². The molecular weight excluding hydrogens is 453 g/mol. The van der Waals surface area contributed by atoms with Gasteiger partial charge >= 0.3 is 0 Å². The van der Waals surface area contributed by atoms with Crippen LogP contribution in [-0.4, -0.2) is 5.91 Å². The summed E-state index contributed by atoms with van der Waals surface area (Å²) in [4.78, 5) is 12.6. The second-order valence-electron chi connectivity index (χ2n) is 10.4. The SMILES string of the molecule is Cc1cc2c(cc1Cc1ccc(C(=O)NCc3cccc(Cl)c3Cl)o1)C(C)(C)CCC2(C)C. The van der Waals surface area contributed by atoms with E-state index in [0.29, 0.717) is 22.2 Å². The zero-order chi connectivity index (χ0) is 24.0. The number of halogens is 2. The van der Waals surface area contributed by atoms with E-state index < -0.39 is 0 Å². The molecule has 1 aliphatic rings. The third-order valence-electron chi connectivity index (χ3n) is 7.03. The van der Waals surface area contributed by atoms with E-state index in [2.05, 4.69) is 52.1 Å². The number of furan rings is 1. The van der Waals surface area contributed by atoms with Crippen molar-refractivity contribution < 1.29 is 9.21 Å². The first-order valence-electron chi connectivity index (χ1n) is 11.4. The lowest BCUT2D eigenvalue weighted by Gasteiger charge is -2.42. The highest BCUT2D eigenvalue weighted by Gasteiger charge is 2.37. The number of nitrogens with one attached hydrogen (secondary N) is 1. The minimum Gasteiger partial charge on any atom is -0.456 e. The standard InChI is InChI=1S/C28H31Cl2NO2/c1-17-13-21-22(28(4,5)12-11-27(21,2)3)15-19(17)14-20-9-10-24(33-20)26(32)31-16-18-7-6-8-23(29)25(18)30/h6-10,13,15H,11-12,14,16H2,1-5H3,(H,31,32). The van der Waals surface area contributed by atoms with E-state index in [9.17, 15) is 4.79 Å². The van der Waals surface area contributed by atoms with Crippen LogP contribution in [0.4, 0.5) is 0 Å². The Morgan fingerprint density at radius 3 is 2.33 bits per heavy atom. The van der Waals surface area contributed by atoms with Gasteiger partial charge in [0.25, 0.3) is 5.91 Å². The third-order valence-corrected chi connectivity index (χ3v) is 7.89. The van der Waals surface area contributed by atoms with Gasteiger partial charge < -0.3 is 9.73 Å². The van der Waals surface area contributed by atoms with E-state index in [-0.39, 0.29) is 23.3 Å². The van der Waals surface area contributed by atoms with Crippen molar-refractivity contribution in [2.75, 3.05) is 0 Å². The van der Waals surface area contributed by atoms with Crippen LogP contribution < -0.4 is 5.32 Å². The van der Waals surface area contributed by atoms with Gasteiger partial charge in [0.15, 0.2) is 5.76 Å². The molecule has 1 aromatic heterocycles. The predicted molar refractivity (Wildman–Crippen MR) is 136 cm³/mol. The Bertz CT molecular complexity index is 1210. The summed E-state index contributed by atoms with van der Waals surface area (Å²) in [6.45, 7) is 11.8. The maximum Gasteiger partial charge on any atom is 0.287 e. The molecule has 0 saturated heterocycles. The molecule has 3 nitrogen and oxygen atoms in total. The fourth-order valence-corrected chi connectivity index (χ4v) is 5.07. The second kappa shape index (κ2) is 8.85. The Hall–Kier alpha value is -2.23. The van der Waals surface area contributed by atoms with E-state index in [0.717, 1.165) is 11.3 Å². The Morgan fingerprint density at radius 1 is 0.970 bits per heavy atom. The predicted octanol–water partition coefficient (Wildman–Crippen LogP) is 7.76. The van der Waals surface area contributed by atoms with Crippen molar-refractivity contribution in [1.82, 2.24) is 5.32 Å². The topological polar surface area (TPSA) is 42.2 Å². The van der Waals surface area contributed by atoms with Gasteiger partial charge in [0.1, 0.15) is 5.76 Å². The molecule has 1 aliphatic carbocycles. The molecule has 0 bridgehead atoms. The number of carbonyl (C=O) groups excluding carboxylic acids is 1.